The summed E-state index contributed by atoms with van der Waals surface area (Å²) in [6.07, 6.45) is 9.40. The third-order valence-corrected chi connectivity index (χ3v) is 11.3. The average molecular weight is 754 g/mol. The fraction of sp³-hybridized carbons (Fsp3) is 0.414. The van der Waals surface area contributed by atoms with E-state index in [4.69, 9.17) is 104 Å². The second-order valence-electron chi connectivity index (χ2n) is 10.1. The van der Waals surface area contributed by atoms with E-state index < -0.39 is 29.9 Å². The molecule has 228 valence electrons. The monoisotopic (exact) mass is 750 g/mol. The van der Waals surface area contributed by atoms with E-state index in [1.54, 1.807) is 30.3 Å². The van der Waals surface area contributed by atoms with Gasteiger partial charge in [-0.05, 0) is 44.1 Å². The van der Waals surface area contributed by atoms with E-state index in [0.717, 1.165) is 17.0 Å². The number of nitrogens with zero attached hydrogens (tertiary/aromatic N) is 2. The Morgan fingerprint density at radius 1 is 0.881 bits per heavy atom. The van der Waals surface area contributed by atoms with Gasteiger partial charge < -0.3 is 4.57 Å². The number of aryl methyl sites for hydroxylation is 1. The van der Waals surface area contributed by atoms with Gasteiger partial charge in [0, 0.05) is 17.9 Å². The molecule has 2 atom stereocenters. The molecule has 1 aromatic heterocycles. The minimum Gasteiger partial charge on any atom is -0.332 e. The Labute approximate surface area is 292 Å². The van der Waals surface area contributed by atoms with Crippen LogP contribution in [0.15, 0.2) is 73.2 Å². The molecule has 1 aliphatic rings. The van der Waals surface area contributed by atoms with Gasteiger partial charge in [0.25, 0.3) is 0 Å². The number of aromatic nitrogens is 2. The molecule has 2 nitrogen and oxygen atoms in total. The molecule has 0 radical (unpaired) electrons. The zero-order valence-electron chi connectivity index (χ0n) is 22.7. The maximum atomic E-state index is 13.4. The van der Waals surface area contributed by atoms with Crippen LogP contribution in [0.2, 0.25) is 6.32 Å². The molecule has 1 aliphatic carbocycles. The summed E-state index contributed by atoms with van der Waals surface area (Å²) < 4.78 is 12.8. The molecular weight excluding hydrogens is 725 g/mol. The smallest absolute Gasteiger partial charge is 0.213 e. The van der Waals surface area contributed by atoms with Gasteiger partial charge in [-0.1, -0.05) is 118 Å². The molecule has 0 spiro atoms. The van der Waals surface area contributed by atoms with Crippen molar-refractivity contribution < 1.29 is 4.39 Å². The van der Waals surface area contributed by atoms with E-state index in [0.29, 0.717) is 17.4 Å². The average Bonchev–Trinajstić information content (AvgIpc) is 3.70. The fourth-order valence-electron chi connectivity index (χ4n) is 4.20. The Morgan fingerprint density at radius 2 is 1.33 bits per heavy atom. The highest BCUT2D eigenvalue weighted by atomic mass is 35.5. The largest absolute Gasteiger partial charge is 0.332 e. The van der Waals surface area contributed by atoms with Gasteiger partial charge in [-0.15, -0.1) is 58.0 Å². The van der Waals surface area contributed by atoms with E-state index in [9.17, 15) is 4.39 Å². The highest BCUT2D eigenvalue weighted by Gasteiger charge is 2.36. The first-order valence-electron chi connectivity index (χ1n) is 13.1. The predicted octanol–water partition coefficient (Wildman–Crippen LogP) is 10.2. The van der Waals surface area contributed by atoms with Gasteiger partial charge in [-0.3, -0.25) is 0 Å². The molecule has 1 heterocycles. The van der Waals surface area contributed by atoms with Crippen LogP contribution in [-0.2, 0) is 8.67 Å². The summed E-state index contributed by atoms with van der Waals surface area (Å²) in [5.74, 6) is 0. The third kappa shape index (κ3) is 9.75. The Hall–Kier alpha value is -0.00506. The number of rotatable bonds is 11. The molecule has 0 bridgehead atoms. The lowest BCUT2D eigenvalue weighted by Crippen LogP contribution is -2.42. The van der Waals surface area contributed by atoms with Crippen molar-refractivity contribution >= 4 is 122 Å². The SMILES string of the molecule is CC(F)C(Cl)C=CCB(c1ccc(C(Cl)(Cl)C(Cl)Cl)cc1)c1ccc(C(Cl)(Cl)C(Cl)Cl)cc1.Cc1cncn1C1CC1. The first-order chi connectivity index (χ1) is 19.7. The second kappa shape index (κ2) is 16.0. The number of alkyl halides is 10. The number of halogens is 10. The van der Waals surface area contributed by atoms with Crippen molar-refractivity contribution in [1.29, 1.82) is 0 Å². The Bertz CT molecular complexity index is 1230. The number of benzene rings is 2. The first kappa shape index (κ1) is 36.5. The number of hydrogen-bond acceptors (Lipinski definition) is 1. The summed E-state index contributed by atoms with van der Waals surface area (Å²) in [6.45, 7) is 3.41. The Morgan fingerprint density at radius 3 is 1.67 bits per heavy atom. The summed E-state index contributed by atoms with van der Waals surface area (Å²) in [5, 5.41) is -0.717. The molecular formula is C29H29BCl9FN2. The van der Waals surface area contributed by atoms with Crippen LogP contribution in [0.4, 0.5) is 4.39 Å². The minimum absolute atomic E-state index is 0.103. The van der Waals surface area contributed by atoms with Crippen LogP contribution in [0.25, 0.3) is 0 Å². The summed E-state index contributed by atoms with van der Waals surface area (Å²) in [5.41, 5.74) is 4.32. The van der Waals surface area contributed by atoms with Crippen LogP contribution in [0.5, 0.6) is 0 Å². The molecule has 0 saturated heterocycles. The van der Waals surface area contributed by atoms with Crippen molar-refractivity contribution in [1.82, 2.24) is 9.55 Å². The van der Waals surface area contributed by atoms with Gasteiger partial charge in [0.15, 0.2) is 8.67 Å². The number of hydrogen-bond donors (Lipinski definition) is 0. The van der Waals surface area contributed by atoms with Gasteiger partial charge in [-0.2, -0.15) is 0 Å². The normalized spacial score (nSPS) is 15.6. The van der Waals surface area contributed by atoms with Crippen LogP contribution in [0.3, 0.4) is 0 Å². The fourth-order valence-corrected chi connectivity index (χ4v) is 5.31. The van der Waals surface area contributed by atoms with Gasteiger partial charge in [-0.25, -0.2) is 9.37 Å². The van der Waals surface area contributed by atoms with Crippen LogP contribution in [-0.4, -0.2) is 37.5 Å². The number of allylic oxidation sites excluding steroid dienone is 2. The quantitative estimate of drug-likeness (QED) is 0.108. The first-order valence-corrected chi connectivity index (χ1v) is 16.8. The van der Waals surface area contributed by atoms with E-state index in [1.807, 2.05) is 42.9 Å². The van der Waals surface area contributed by atoms with E-state index >= 15 is 0 Å². The topological polar surface area (TPSA) is 17.8 Å². The molecule has 2 unspecified atom stereocenters. The summed E-state index contributed by atoms with van der Waals surface area (Å²) >= 11 is 54.7. The summed E-state index contributed by atoms with van der Waals surface area (Å²) in [6, 6.07) is 15.4. The molecule has 0 amide bonds. The molecule has 1 saturated carbocycles. The molecule has 2 aromatic carbocycles. The van der Waals surface area contributed by atoms with Crippen molar-refractivity contribution in [3.05, 3.63) is 90.0 Å². The third-order valence-electron chi connectivity index (χ3n) is 6.87. The Balaban J connectivity index is 0.000000449. The van der Waals surface area contributed by atoms with Crippen molar-refractivity contribution in [2.75, 3.05) is 0 Å². The summed E-state index contributed by atoms with van der Waals surface area (Å²) in [7, 11) is 0. The molecule has 3 aromatic rings. The zero-order chi connectivity index (χ0) is 31.2. The molecule has 0 aliphatic heterocycles. The van der Waals surface area contributed by atoms with Crippen molar-refractivity contribution in [3.63, 3.8) is 0 Å². The van der Waals surface area contributed by atoms with Crippen molar-refractivity contribution in [2.24, 2.45) is 0 Å². The van der Waals surface area contributed by atoms with Crippen molar-refractivity contribution in [2.45, 2.75) is 68.9 Å². The maximum Gasteiger partial charge on any atom is 0.213 e. The molecule has 13 heteroatoms. The Kier molecular flexibility index (Phi) is 13.9. The molecule has 1 fully saturated rings. The lowest BCUT2D eigenvalue weighted by atomic mass is 9.38. The molecule has 4 rings (SSSR count). The lowest BCUT2D eigenvalue weighted by molar-refractivity contribution is 0.369. The summed E-state index contributed by atoms with van der Waals surface area (Å²) in [4.78, 5) is 2.02. The van der Waals surface area contributed by atoms with Crippen molar-refractivity contribution in [3.8, 4) is 0 Å². The van der Waals surface area contributed by atoms with Crippen LogP contribution in [0.1, 0.15) is 42.6 Å². The van der Waals surface area contributed by atoms with Crippen LogP contribution >= 0.6 is 104 Å². The van der Waals surface area contributed by atoms with Gasteiger partial charge >= 0.3 is 0 Å². The minimum atomic E-state index is -1.45. The predicted molar refractivity (Wildman–Crippen MR) is 185 cm³/mol. The van der Waals surface area contributed by atoms with Gasteiger partial charge in [0.2, 0.25) is 6.71 Å². The van der Waals surface area contributed by atoms with E-state index in [1.165, 1.54) is 25.5 Å². The maximum absolute atomic E-state index is 13.4. The molecule has 0 N–H and O–H groups in total. The highest BCUT2D eigenvalue weighted by molar-refractivity contribution is 6.85. The van der Waals surface area contributed by atoms with Crippen LogP contribution in [0, 0.1) is 6.92 Å². The standard InChI is InChI=1S/C22H19BCl9F.C7H10N2/c1-13(33)18(24)3-2-12-23(16-8-4-14(5-9-16)21(29,30)19(25)26)17-10-6-15(7-11-17)22(31,32)20(27)28;1-6-4-8-5-9(6)7-2-3-7/h2-11,13,18-20H,12H2,1H3;4-5,7H,2-3H2,1H3. The highest BCUT2D eigenvalue weighted by Crippen LogP contribution is 2.42. The second-order valence-corrected chi connectivity index (χ2v) is 15.6. The number of imidazole rings is 1. The van der Waals surface area contributed by atoms with Gasteiger partial charge in [0.05, 0.1) is 11.7 Å². The van der Waals surface area contributed by atoms with Gasteiger partial charge in [0.1, 0.15) is 15.8 Å². The lowest BCUT2D eigenvalue weighted by Gasteiger charge is -2.23. The zero-order valence-corrected chi connectivity index (χ0v) is 29.5. The molecule has 42 heavy (non-hydrogen) atoms. The van der Waals surface area contributed by atoms with E-state index in [2.05, 4.69) is 16.5 Å². The van der Waals surface area contributed by atoms with Crippen LogP contribution < -0.4 is 10.9 Å². The van der Waals surface area contributed by atoms with E-state index in [-0.39, 0.29) is 6.71 Å².